The van der Waals surface area contributed by atoms with E-state index in [1.54, 1.807) is 4.90 Å². The summed E-state index contributed by atoms with van der Waals surface area (Å²) in [6, 6.07) is 3.27. The molecule has 8 nitrogen and oxygen atoms in total. The second-order valence-corrected chi connectivity index (χ2v) is 8.62. The summed E-state index contributed by atoms with van der Waals surface area (Å²) in [7, 11) is -3.94. The number of carbonyl (C=O) groups is 1. The Morgan fingerprint density at radius 3 is 2.58 bits per heavy atom. The second kappa shape index (κ2) is 7.24. The summed E-state index contributed by atoms with van der Waals surface area (Å²) in [5, 5.41) is 0. The molecule has 2 heterocycles. The van der Waals surface area contributed by atoms with Crippen molar-refractivity contribution >= 4 is 27.0 Å². The van der Waals surface area contributed by atoms with Crippen molar-refractivity contribution < 1.29 is 17.6 Å². The second-order valence-electron chi connectivity index (χ2n) is 6.90. The number of nitrogens with one attached hydrogen (secondary N) is 2. The van der Waals surface area contributed by atoms with E-state index in [0.717, 1.165) is 19.3 Å². The predicted molar refractivity (Wildman–Crippen MR) is 96.2 cm³/mol. The highest BCUT2D eigenvalue weighted by molar-refractivity contribution is 7.89. The number of fused-ring (bicyclic) bond motifs is 1. The summed E-state index contributed by atoms with van der Waals surface area (Å²) in [5.74, 6) is -1.05. The van der Waals surface area contributed by atoms with E-state index in [1.165, 1.54) is 18.2 Å². The van der Waals surface area contributed by atoms with Gasteiger partial charge in [0.05, 0.1) is 10.4 Å². The van der Waals surface area contributed by atoms with Crippen molar-refractivity contribution in [3.05, 3.63) is 28.7 Å². The highest BCUT2D eigenvalue weighted by Gasteiger charge is 2.32. The maximum absolute atomic E-state index is 12.8. The highest BCUT2D eigenvalue weighted by Crippen LogP contribution is 2.19. The maximum atomic E-state index is 12.8. The molecule has 0 aliphatic carbocycles. The summed E-state index contributed by atoms with van der Waals surface area (Å²) in [5.41, 5.74) is 0.570. The standard InChI is InChI=1S/C17H23N3O5S/c1-11(2)15(16(21)20-8-4-3-5-9-20)19-26(23,24)12-6-7-13-14(10-12)25-17(22)18-13/h6-7,10-11,15,19H,3-5,8-9H2,1-2H3,(H,18,22)/t15-/m1/s1. The molecule has 0 bridgehead atoms. The average Bonchev–Trinajstić information content (AvgIpc) is 2.99. The lowest BCUT2D eigenvalue weighted by atomic mass is 10.0. The van der Waals surface area contributed by atoms with Gasteiger partial charge in [-0.05, 0) is 37.3 Å². The minimum Gasteiger partial charge on any atom is -0.408 e. The van der Waals surface area contributed by atoms with Crippen molar-refractivity contribution in [3.63, 3.8) is 0 Å². The Bertz CT molecular complexity index is 954. The van der Waals surface area contributed by atoms with Gasteiger partial charge in [-0.15, -0.1) is 0 Å². The van der Waals surface area contributed by atoms with Gasteiger partial charge in [0.15, 0.2) is 5.58 Å². The smallest absolute Gasteiger partial charge is 0.408 e. The molecule has 0 unspecified atom stereocenters. The largest absolute Gasteiger partial charge is 0.417 e. The number of aromatic amines is 1. The number of likely N-dealkylation sites (tertiary alicyclic amines) is 1. The minimum absolute atomic E-state index is 0.0511. The van der Waals surface area contributed by atoms with Crippen LogP contribution in [0.2, 0.25) is 0 Å². The van der Waals surface area contributed by atoms with Crippen LogP contribution < -0.4 is 10.5 Å². The summed E-state index contributed by atoms with van der Waals surface area (Å²) in [4.78, 5) is 28.2. The van der Waals surface area contributed by atoms with Gasteiger partial charge in [-0.3, -0.25) is 9.78 Å². The first kappa shape index (κ1) is 18.7. The van der Waals surface area contributed by atoms with Gasteiger partial charge in [-0.25, -0.2) is 13.2 Å². The van der Waals surface area contributed by atoms with Gasteiger partial charge in [0, 0.05) is 19.2 Å². The topological polar surface area (TPSA) is 112 Å². The Labute approximate surface area is 151 Å². The Morgan fingerprint density at radius 2 is 1.92 bits per heavy atom. The van der Waals surface area contributed by atoms with Gasteiger partial charge in [0.25, 0.3) is 0 Å². The molecule has 1 fully saturated rings. The van der Waals surface area contributed by atoms with Crippen LogP contribution in [0.25, 0.3) is 11.1 Å². The first-order valence-corrected chi connectivity index (χ1v) is 10.2. The van der Waals surface area contributed by atoms with E-state index in [1.807, 2.05) is 13.8 Å². The predicted octanol–water partition coefficient (Wildman–Crippen LogP) is 1.44. The molecule has 1 aliphatic heterocycles. The summed E-state index contributed by atoms with van der Waals surface area (Å²) in [6.07, 6.45) is 2.96. The molecule has 1 atom stereocenters. The number of hydrogen-bond donors (Lipinski definition) is 2. The van der Waals surface area contributed by atoms with Crippen molar-refractivity contribution in [2.75, 3.05) is 13.1 Å². The molecule has 26 heavy (non-hydrogen) atoms. The number of piperidine rings is 1. The van der Waals surface area contributed by atoms with Gasteiger partial charge in [0.1, 0.15) is 6.04 Å². The zero-order valence-electron chi connectivity index (χ0n) is 14.8. The zero-order chi connectivity index (χ0) is 18.9. The molecule has 1 saturated heterocycles. The van der Waals surface area contributed by atoms with Gasteiger partial charge < -0.3 is 9.32 Å². The Balaban J connectivity index is 1.86. The summed E-state index contributed by atoms with van der Waals surface area (Å²) < 4.78 is 33.0. The number of rotatable bonds is 5. The molecule has 142 valence electrons. The van der Waals surface area contributed by atoms with E-state index in [2.05, 4.69) is 9.71 Å². The molecule has 3 rings (SSSR count). The number of amides is 1. The molecular weight excluding hydrogens is 358 g/mol. The van der Waals surface area contributed by atoms with Crippen LogP contribution in [0.3, 0.4) is 0 Å². The SMILES string of the molecule is CC(C)[C@@H](NS(=O)(=O)c1ccc2[nH]c(=O)oc2c1)C(=O)N1CCCCC1. The van der Waals surface area contributed by atoms with Crippen LogP contribution in [0.1, 0.15) is 33.1 Å². The molecular formula is C17H23N3O5S. The van der Waals surface area contributed by atoms with Crippen molar-refractivity contribution in [3.8, 4) is 0 Å². The van der Waals surface area contributed by atoms with Crippen LogP contribution in [-0.2, 0) is 14.8 Å². The van der Waals surface area contributed by atoms with Gasteiger partial charge in [-0.1, -0.05) is 13.8 Å². The third kappa shape index (κ3) is 3.83. The number of sulfonamides is 1. The quantitative estimate of drug-likeness (QED) is 0.814. The third-order valence-electron chi connectivity index (χ3n) is 4.59. The van der Waals surface area contributed by atoms with Crippen LogP contribution in [0.5, 0.6) is 0 Å². The van der Waals surface area contributed by atoms with Crippen molar-refractivity contribution in [1.29, 1.82) is 0 Å². The number of aromatic nitrogens is 1. The maximum Gasteiger partial charge on any atom is 0.417 e. The first-order valence-electron chi connectivity index (χ1n) is 8.72. The normalized spacial score (nSPS) is 17.0. The molecule has 2 aromatic rings. The molecule has 1 amide bonds. The van der Waals surface area contributed by atoms with Crippen LogP contribution in [0.15, 0.2) is 32.3 Å². The Hall–Kier alpha value is -2.13. The number of benzene rings is 1. The fourth-order valence-corrected chi connectivity index (χ4v) is 4.46. The van der Waals surface area contributed by atoms with E-state index in [9.17, 15) is 18.0 Å². The fourth-order valence-electron chi connectivity index (χ4n) is 3.11. The lowest BCUT2D eigenvalue weighted by molar-refractivity contribution is -0.134. The molecule has 0 radical (unpaired) electrons. The molecule has 1 aromatic heterocycles. The number of carbonyl (C=O) groups excluding carboxylic acids is 1. The van der Waals surface area contributed by atoms with E-state index >= 15 is 0 Å². The molecule has 1 aromatic carbocycles. The van der Waals surface area contributed by atoms with E-state index in [4.69, 9.17) is 4.42 Å². The monoisotopic (exact) mass is 381 g/mol. The Morgan fingerprint density at radius 1 is 1.23 bits per heavy atom. The highest BCUT2D eigenvalue weighted by atomic mass is 32.2. The van der Waals surface area contributed by atoms with Gasteiger partial charge in [-0.2, -0.15) is 4.72 Å². The first-order chi connectivity index (χ1) is 12.3. The number of hydrogen-bond acceptors (Lipinski definition) is 5. The van der Waals surface area contributed by atoms with E-state index in [0.29, 0.717) is 18.6 Å². The Kier molecular flexibility index (Phi) is 5.19. The lowest BCUT2D eigenvalue weighted by Crippen LogP contribution is -2.52. The van der Waals surface area contributed by atoms with Gasteiger partial charge >= 0.3 is 5.76 Å². The van der Waals surface area contributed by atoms with Crippen molar-refractivity contribution in [2.24, 2.45) is 5.92 Å². The molecule has 1 aliphatic rings. The average molecular weight is 381 g/mol. The molecule has 2 N–H and O–H groups in total. The summed E-state index contributed by atoms with van der Waals surface area (Å²) >= 11 is 0. The number of H-pyrrole nitrogens is 1. The number of nitrogens with zero attached hydrogens (tertiary/aromatic N) is 1. The zero-order valence-corrected chi connectivity index (χ0v) is 15.6. The lowest BCUT2D eigenvalue weighted by Gasteiger charge is -2.32. The van der Waals surface area contributed by atoms with Crippen LogP contribution >= 0.6 is 0 Å². The van der Waals surface area contributed by atoms with E-state index in [-0.39, 0.29) is 22.3 Å². The molecule has 0 spiro atoms. The third-order valence-corrected chi connectivity index (χ3v) is 6.02. The van der Waals surface area contributed by atoms with Crippen LogP contribution in [0.4, 0.5) is 0 Å². The number of oxazole rings is 1. The van der Waals surface area contributed by atoms with Crippen molar-refractivity contribution in [2.45, 2.75) is 44.0 Å². The van der Waals surface area contributed by atoms with Crippen LogP contribution in [-0.4, -0.2) is 43.3 Å². The van der Waals surface area contributed by atoms with Gasteiger partial charge in [0.2, 0.25) is 15.9 Å². The van der Waals surface area contributed by atoms with Crippen LogP contribution in [0, 0.1) is 5.92 Å². The summed E-state index contributed by atoms with van der Waals surface area (Å²) in [6.45, 7) is 4.93. The molecule has 9 heteroatoms. The van der Waals surface area contributed by atoms with Crippen molar-refractivity contribution in [1.82, 2.24) is 14.6 Å². The minimum atomic E-state index is -3.94. The fraction of sp³-hybridized carbons (Fsp3) is 0.529. The molecule has 0 saturated carbocycles. The van der Waals surface area contributed by atoms with E-state index < -0.39 is 21.8 Å².